The fourth-order valence-corrected chi connectivity index (χ4v) is 4.43. The zero-order valence-corrected chi connectivity index (χ0v) is 20.8. The number of rotatable bonds is 10. The largest absolute Gasteiger partial charge is 0.496 e. The number of amides is 1. The number of aromatic nitrogens is 3. The van der Waals surface area contributed by atoms with E-state index in [4.69, 9.17) is 9.47 Å². The van der Waals surface area contributed by atoms with Crippen LogP contribution in [-0.2, 0) is 11.3 Å². The number of benzene rings is 3. The molecule has 0 unspecified atom stereocenters. The fourth-order valence-electron chi connectivity index (χ4n) is 3.65. The molecule has 1 heterocycles. The minimum Gasteiger partial charge on any atom is -0.496 e. The molecule has 0 aliphatic rings. The quantitative estimate of drug-likeness (QED) is 0.315. The van der Waals surface area contributed by atoms with Gasteiger partial charge in [-0.2, -0.15) is 0 Å². The summed E-state index contributed by atoms with van der Waals surface area (Å²) >= 11 is 1.34. The van der Waals surface area contributed by atoms with E-state index in [0.29, 0.717) is 18.3 Å². The van der Waals surface area contributed by atoms with Crippen LogP contribution < -0.4 is 14.8 Å². The molecule has 1 N–H and O–H groups in total. The van der Waals surface area contributed by atoms with Crippen molar-refractivity contribution in [1.29, 1.82) is 0 Å². The van der Waals surface area contributed by atoms with Crippen molar-refractivity contribution < 1.29 is 14.3 Å². The number of ether oxygens (including phenoxy) is 2. The second-order valence-electron chi connectivity index (χ2n) is 7.82. The minimum absolute atomic E-state index is 0.0979. The highest BCUT2D eigenvalue weighted by atomic mass is 32.2. The van der Waals surface area contributed by atoms with Crippen molar-refractivity contribution in [2.45, 2.75) is 25.5 Å². The number of hydrogen-bond donors (Lipinski definition) is 1. The first-order chi connectivity index (χ1) is 17.1. The lowest BCUT2D eigenvalue weighted by atomic mass is 10.1. The van der Waals surface area contributed by atoms with E-state index in [-0.39, 0.29) is 11.7 Å². The molecule has 4 aromatic rings. The molecule has 0 saturated carbocycles. The van der Waals surface area contributed by atoms with Gasteiger partial charge in [0.15, 0.2) is 11.0 Å². The summed E-state index contributed by atoms with van der Waals surface area (Å²) in [4.78, 5) is 12.6. The van der Waals surface area contributed by atoms with Crippen LogP contribution in [0.25, 0.3) is 17.1 Å². The summed E-state index contributed by atoms with van der Waals surface area (Å²) in [6, 6.07) is 23.6. The number of methoxy groups -OCH3 is 1. The van der Waals surface area contributed by atoms with Gasteiger partial charge in [0.2, 0.25) is 5.91 Å². The van der Waals surface area contributed by atoms with Crippen molar-refractivity contribution in [2.75, 3.05) is 19.5 Å². The van der Waals surface area contributed by atoms with Gasteiger partial charge in [0, 0.05) is 23.4 Å². The molecule has 0 spiro atoms. The lowest BCUT2D eigenvalue weighted by Gasteiger charge is -2.12. The summed E-state index contributed by atoms with van der Waals surface area (Å²) < 4.78 is 12.9. The van der Waals surface area contributed by atoms with Crippen LogP contribution in [0.4, 0.5) is 0 Å². The van der Waals surface area contributed by atoms with Crippen LogP contribution in [0.5, 0.6) is 11.5 Å². The first-order valence-corrected chi connectivity index (χ1v) is 12.3. The van der Waals surface area contributed by atoms with E-state index >= 15 is 0 Å². The van der Waals surface area contributed by atoms with Crippen molar-refractivity contribution in [3.63, 3.8) is 0 Å². The molecule has 4 rings (SSSR count). The van der Waals surface area contributed by atoms with E-state index < -0.39 is 0 Å². The van der Waals surface area contributed by atoms with Crippen molar-refractivity contribution in [3.05, 3.63) is 83.9 Å². The van der Waals surface area contributed by atoms with Gasteiger partial charge in [-0.15, -0.1) is 10.2 Å². The molecule has 180 valence electrons. The summed E-state index contributed by atoms with van der Waals surface area (Å²) in [6.45, 7) is 5.00. The molecule has 1 aromatic heterocycles. The van der Waals surface area contributed by atoms with Gasteiger partial charge in [-0.3, -0.25) is 9.36 Å². The maximum absolute atomic E-state index is 12.6. The van der Waals surface area contributed by atoms with Crippen molar-refractivity contribution in [3.8, 4) is 28.6 Å². The summed E-state index contributed by atoms with van der Waals surface area (Å²) in [6.07, 6.45) is 0. The highest BCUT2D eigenvalue weighted by Crippen LogP contribution is 2.29. The standard InChI is InChI=1S/C27H28N4O3S/c1-4-34-23-14-12-22(13-15-23)31-26(20-10-7-8-19(2)16-20)29-30-27(31)35-18-25(32)28-17-21-9-5-6-11-24(21)33-3/h5-16H,4,17-18H2,1-3H3,(H,28,32). The number of hydrogen-bond acceptors (Lipinski definition) is 6. The zero-order chi connectivity index (χ0) is 24.6. The Balaban J connectivity index is 1.54. The third-order valence-corrected chi connectivity index (χ3v) is 6.25. The number of nitrogens with zero attached hydrogens (tertiary/aromatic N) is 3. The molecule has 8 heteroatoms. The van der Waals surface area contributed by atoms with Crippen LogP contribution in [0.3, 0.4) is 0 Å². The van der Waals surface area contributed by atoms with E-state index in [0.717, 1.165) is 39.7 Å². The molecular weight excluding hydrogens is 460 g/mol. The average Bonchev–Trinajstić information content (AvgIpc) is 3.31. The van der Waals surface area contributed by atoms with Crippen LogP contribution in [-0.4, -0.2) is 40.1 Å². The highest BCUT2D eigenvalue weighted by molar-refractivity contribution is 7.99. The van der Waals surface area contributed by atoms with E-state index in [1.807, 2.05) is 85.1 Å². The molecule has 0 fully saturated rings. The van der Waals surface area contributed by atoms with Gasteiger partial charge in [-0.05, 0) is 50.2 Å². The smallest absolute Gasteiger partial charge is 0.230 e. The molecule has 1 amide bonds. The molecule has 0 saturated heterocycles. The normalized spacial score (nSPS) is 10.7. The van der Waals surface area contributed by atoms with Gasteiger partial charge in [0.1, 0.15) is 11.5 Å². The molecule has 0 bridgehead atoms. The van der Waals surface area contributed by atoms with Gasteiger partial charge >= 0.3 is 0 Å². The van der Waals surface area contributed by atoms with E-state index in [1.54, 1.807) is 7.11 Å². The first-order valence-electron chi connectivity index (χ1n) is 11.4. The van der Waals surface area contributed by atoms with Crippen LogP contribution in [0.15, 0.2) is 78.0 Å². The van der Waals surface area contributed by atoms with Crippen LogP contribution in [0, 0.1) is 6.92 Å². The van der Waals surface area contributed by atoms with E-state index in [9.17, 15) is 4.79 Å². The zero-order valence-electron chi connectivity index (χ0n) is 20.0. The Labute approximate surface area is 209 Å². The predicted molar refractivity (Wildman–Crippen MR) is 138 cm³/mol. The molecule has 0 radical (unpaired) electrons. The monoisotopic (exact) mass is 488 g/mol. The molecule has 0 aliphatic carbocycles. The van der Waals surface area contributed by atoms with Gasteiger partial charge in [-0.25, -0.2) is 0 Å². The van der Waals surface area contributed by atoms with Crippen LogP contribution in [0.2, 0.25) is 0 Å². The number of carbonyl (C=O) groups is 1. The molecule has 7 nitrogen and oxygen atoms in total. The fraction of sp³-hybridized carbons (Fsp3) is 0.222. The number of carbonyl (C=O) groups excluding carboxylic acids is 1. The molecule has 0 atom stereocenters. The van der Waals surface area contributed by atoms with E-state index in [2.05, 4.69) is 21.6 Å². The first kappa shape index (κ1) is 24.3. The minimum atomic E-state index is -0.0979. The van der Waals surface area contributed by atoms with Gasteiger partial charge in [-0.1, -0.05) is 53.7 Å². The maximum atomic E-state index is 12.6. The Morgan fingerprint density at radius 1 is 1.03 bits per heavy atom. The molecule has 35 heavy (non-hydrogen) atoms. The predicted octanol–water partition coefficient (Wildman–Crippen LogP) is 5.06. The van der Waals surface area contributed by atoms with Gasteiger partial charge in [0.25, 0.3) is 0 Å². The lowest BCUT2D eigenvalue weighted by Crippen LogP contribution is -2.25. The van der Waals surface area contributed by atoms with Crippen molar-refractivity contribution >= 4 is 17.7 Å². The van der Waals surface area contributed by atoms with Crippen LogP contribution in [0.1, 0.15) is 18.1 Å². The van der Waals surface area contributed by atoms with Gasteiger partial charge < -0.3 is 14.8 Å². The van der Waals surface area contributed by atoms with E-state index in [1.165, 1.54) is 11.8 Å². The summed E-state index contributed by atoms with van der Waals surface area (Å²) in [5, 5.41) is 12.5. The summed E-state index contributed by atoms with van der Waals surface area (Å²) in [5.41, 5.74) is 3.91. The summed E-state index contributed by atoms with van der Waals surface area (Å²) in [5.74, 6) is 2.37. The average molecular weight is 489 g/mol. The number of para-hydroxylation sites is 1. The Kier molecular flexibility index (Phi) is 8.05. The van der Waals surface area contributed by atoms with Crippen LogP contribution >= 0.6 is 11.8 Å². The SMILES string of the molecule is CCOc1ccc(-n2c(SCC(=O)NCc3ccccc3OC)nnc2-c2cccc(C)c2)cc1. The third kappa shape index (κ3) is 6.02. The highest BCUT2D eigenvalue weighted by Gasteiger charge is 2.18. The number of thioether (sulfide) groups is 1. The topological polar surface area (TPSA) is 78.3 Å². The summed E-state index contributed by atoms with van der Waals surface area (Å²) in [7, 11) is 1.62. The Hall–Kier alpha value is -3.78. The lowest BCUT2D eigenvalue weighted by molar-refractivity contribution is -0.118. The second kappa shape index (κ2) is 11.6. The maximum Gasteiger partial charge on any atom is 0.230 e. The molecule has 3 aromatic carbocycles. The van der Waals surface area contributed by atoms with Crippen molar-refractivity contribution in [2.24, 2.45) is 0 Å². The van der Waals surface area contributed by atoms with Gasteiger partial charge in [0.05, 0.1) is 19.5 Å². The van der Waals surface area contributed by atoms with Crippen molar-refractivity contribution in [1.82, 2.24) is 20.1 Å². The number of aryl methyl sites for hydroxylation is 1. The molecular formula is C27H28N4O3S. The Bertz CT molecular complexity index is 1290. The third-order valence-electron chi connectivity index (χ3n) is 5.32. The second-order valence-corrected chi connectivity index (χ2v) is 8.76. The number of nitrogens with one attached hydrogen (secondary N) is 1. The Morgan fingerprint density at radius 2 is 1.83 bits per heavy atom. The Morgan fingerprint density at radius 3 is 2.57 bits per heavy atom. The molecule has 0 aliphatic heterocycles.